The molecule has 1 aromatic heterocycles. The minimum atomic E-state index is 0.988. The Bertz CT molecular complexity index is 1150. The Balaban J connectivity index is 0.000000225. The Morgan fingerprint density at radius 1 is 0.688 bits per heavy atom. The highest BCUT2D eigenvalue weighted by Gasteiger charge is 2.14. The summed E-state index contributed by atoms with van der Waals surface area (Å²) < 4.78 is 4.94. The summed E-state index contributed by atoms with van der Waals surface area (Å²) in [7, 11) is 0. The summed E-state index contributed by atoms with van der Waals surface area (Å²) in [6, 6.07) is 37.9. The maximum atomic E-state index is 3.89. The topological polar surface area (TPSA) is 29.0 Å². The molecular weight excluding hydrogens is 410 g/mol. The van der Waals surface area contributed by atoms with Crippen LogP contribution in [0.1, 0.15) is 25.3 Å². The van der Waals surface area contributed by atoms with Crippen LogP contribution in [0.4, 0.5) is 17.1 Å². The molecule has 1 heterocycles. The Hall–Kier alpha value is -3.50. The van der Waals surface area contributed by atoms with Gasteiger partial charge in [0.05, 0.1) is 4.70 Å². The van der Waals surface area contributed by atoms with E-state index in [-0.39, 0.29) is 0 Å². The SMILES string of the molecule is CCCCc1ccccc1N(c1ccccc1)c1ccccc1.c1ccc2snnc2c1. The molecule has 5 aromatic rings. The van der Waals surface area contributed by atoms with Gasteiger partial charge >= 0.3 is 0 Å². The molecule has 160 valence electrons. The molecule has 0 aliphatic rings. The van der Waals surface area contributed by atoms with E-state index in [2.05, 4.69) is 106 Å². The second kappa shape index (κ2) is 11.2. The molecule has 3 nitrogen and oxygen atoms in total. The lowest BCUT2D eigenvalue weighted by Crippen LogP contribution is -2.12. The number of hydrogen-bond donors (Lipinski definition) is 0. The van der Waals surface area contributed by atoms with Gasteiger partial charge in [-0.25, -0.2) is 0 Å². The number of anilines is 3. The first-order valence-electron chi connectivity index (χ1n) is 11.0. The molecule has 0 saturated carbocycles. The second-order valence-electron chi connectivity index (χ2n) is 7.48. The summed E-state index contributed by atoms with van der Waals surface area (Å²) in [6.45, 7) is 2.24. The zero-order chi connectivity index (χ0) is 22.0. The average Bonchev–Trinajstić information content (AvgIpc) is 3.34. The third kappa shape index (κ3) is 5.40. The molecule has 4 aromatic carbocycles. The molecule has 5 rings (SSSR count). The predicted octanol–water partition coefficient (Wildman–Crippen LogP) is 8.19. The number of hydrogen-bond acceptors (Lipinski definition) is 4. The van der Waals surface area contributed by atoms with E-state index in [0.717, 1.165) is 16.6 Å². The van der Waals surface area contributed by atoms with E-state index >= 15 is 0 Å². The third-order valence-electron chi connectivity index (χ3n) is 5.21. The Kier molecular flexibility index (Phi) is 7.61. The van der Waals surface area contributed by atoms with Gasteiger partial charge in [0, 0.05) is 17.1 Å². The fourth-order valence-corrected chi connectivity index (χ4v) is 4.17. The third-order valence-corrected chi connectivity index (χ3v) is 5.92. The summed E-state index contributed by atoms with van der Waals surface area (Å²) in [5.74, 6) is 0. The molecule has 0 aliphatic carbocycles. The van der Waals surface area contributed by atoms with E-state index in [9.17, 15) is 0 Å². The van der Waals surface area contributed by atoms with Crippen LogP contribution in [-0.4, -0.2) is 9.59 Å². The molecule has 0 bridgehead atoms. The van der Waals surface area contributed by atoms with Crippen LogP contribution >= 0.6 is 11.5 Å². The van der Waals surface area contributed by atoms with Crippen LogP contribution in [0.3, 0.4) is 0 Å². The lowest BCUT2D eigenvalue weighted by atomic mass is 10.0. The van der Waals surface area contributed by atoms with Crippen molar-refractivity contribution in [1.82, 2.24) is 9.59 Å². The maximum absolute atomic E-state index is 3.89. The van der Waals surface area contributed by atoms with Crippen molar-refractivity contribution in [3.05, 3.63) is 115 Å². The molecule has 0 atom stereocenters. The lowest BCUT2D eigenvalue weighted by Gasteiger charge is -2.27. The zero-order valence-electron chi connectivity index (χ0n) is 18.3. The van der Waals surface area contributed by atoms with Crippen LogP contribution in [0, 0.1) is 0 Å². The van der Waals surface area contributed by atoms with Crippen LogP contribution in [0.15, 0.2) is 109 Å². The van der Waals surface area contributed by atoms with E-state index in [1.807, 2.05) is 24.3 Å². The smallest absolute Gasteiger partial charge is 0.105 e. The molecule has 0 aliphatic heterocycles. The molecule has 4 heteroatoms. The number of nitrogens with zero attached hydrogens (tertiary/aromatic N) is 3. The fraction of sp³-hybridized carbons (Fsp3) is 0.143. The number of unbranched alkanes of at least 4 members (excludes halogenated alkanes) is 1. The van der Waals surface area contributed by atoms with E-state index < -0.39 is 0 Å². The summed E-state index contributed by atoms with van der Waals surface area (Å²) in [5, 5.41) is 3.89. The van der Waals surface area contributed by atoms with Crippen LogP contribution in [0.25, 0.3) is 10.2 Å². The van der Waals surface area contributed by atoms with Gasteiger partial charge in [-0.1, -0.05) is 84.6 Å². The van der Waals surface area contributed by atoms with Gasteiger partial charge in [0.2, 0.25) is 0 Å². The number of rotatable bonds is 6. The van der Waals surface area contributed by atoms with E-state index in [0.29, 0.717) is 0 Å². The van der Waals surface area contributed by atoms with Crippen LogP contribution in [0.5, 0.6) is 0 Å². The molecule has 0 amide bonds. The first kappa shape index (κ1) is 21.7. The van der Waals surface area contributed by atoms with Crippen molar-refractivity contribution < 1.29 is 0 Å². The Morgan fingerprint density at radius 3 is 1.94 bits per heavy atom. The van der Waals surface area contributed by atoms with Gasteiger partial charge in [-0.2, -0.15) is 0 Å². The largest absolute Gasteiger partial charge is 0.310 e. The van der Waals surface area contributed by atoms with Gasteiger partial charge in [-0.15, -0.1) is 5.10 Å². The van der Waals surface area contributed by atoms with Crippen LogP contribution < -0.4 is 4.90 Å². The van der Waals surface area contributed by atoms with Crippen molar-refractivity contribution in [3.63, 3.8) is 0 Å². The number of para-hydroxylation sites is 3. The summed E-state index contributed by atoms with van der Waals surface area (Å²) in [5.41, 5.74) is 6.06. The van der Waals surface area contributed by atoms with Gasteiger partial charge in [-0.3, -0.25) is 0 Å². The summed E-state index contributed by atoms with van der Waals surface area (Å²) >= 11 is 1.43. The minimum Gasteiger partial charge on any atom is -0.310 e. The average molecular weight is 438 g/mol. The van der Waals surface area contributed by atoms with Crippen molar-refractivity contribution >= 4 is 38.8 Å². The number of aryl methyl sites for hydroxylation is 1. The van der Waals surface area contributed by atoms with Gasteiger partial charge in [0.25, 0.3) is 0 Å². The molecule has 32 heavy (non-hydrogen) atoms. The molecule has 0 spiro atoms. The second-order valence-corrected chi connectivity index (χ2v) is 8.27. The van der Waals surface area contributed by atoms with E-state index in [4.69, 9.17) is 0 Å². The maximum Gasteiger partial charge on any atom is 0.105 e. The quantitative estimate of drug-likeness (QED) is 0.268. The van der Waals surface area contributed by atoms with Gasteiger partial charge in [0.15, 0.2) is 0 Å². The minimum absolute atomic E-state index is 0.988. The van der Waals surface area contributed by atoms with Gasteiger partial charge < -0.3 is 4.90 Å². The van der Waals surface area contributed by atoms with Crippen molar-refractivity contribution in [3.8, 4) is 0 Å². The zero-order valence-corrected chi connectivity index (χ0v) is 19.1. The van der Waals surface area contributed by atoms with Gasteiger partial charge in [0.1, 0.15) is 5.52 Å². The number of benzene rings is 4. The van der Waals surface area contributed by atoms with Crippen LogP contribution in [0.2, 0.25) is 0 Å². The van der Waals surface area contributed by atoms with Crippen molar-refractivity contribution in [2.24, 2.45) is 0 Å². The fourth-order valence-electron chi connectivity index (χ4n) is 3.61. The number of fused-ring (bicyclic) bond motifs is 1. The highest BCUT2D eigenvalue weighted by molar-refractivity contribution is 7.12. The summed E-state index contributed by atoms with van der Waals surface area (Å²) in [6.07, 6.45) is 3.54. The molecule has 0 saturated heterocycles. The molecular formula is C28H27N3S. The molecule has 0 unspecified atom stereocenters. The highest BCUT2D eigenvalue weighted by atomic mass is 32.1. The standard InChI is InChI=1S/C22H23N.C6H4N2S/c1-2-3-12-19-13-10-11-18-22(19)23(20-14-6-4-7-15-20)21-16-8-5-9-17-21;1-2-4-6-5(3-1)7-8-9-6/h4-11,13-18H,2-3,12H2,1H3;1-4H. The first-order valence-corrected chi connectivity index (χ1v) is 11.8. The Morgan fingerprint density at radius 2 is 1.28 bits per heavy atom. The van der Waals surface area contributed by atoms with E-state index in [1.165, 1.54) is 47.0 Å². The van der Waals surface area contributed by atoms with Crippen molar-refractivity contribution in [1.29, 1.82) is 0 Å². The van der Waals surface area contributed by atoms with Crippen LogP contribution in [-0.2, 0) is 6.42 Å². The van der Waals surface area contributed by atoms with Gasteiger partial charge in [-0.05, 0) is 72.4 Å². The molecule has 0 N–H and O–H groups in total. The van der Waals surface area contributed by atoms with Crippen molar-refractivity contribution in [2.45, 2.75) is 26.2 Å². The Labute approximate surface area is 194 Å². The van der Waals surface area contributed by atoms with E-state index in [1.54, 1.807) is 0 Å². The first-order chi connectivity index (χ1) is 15.9. The van der Waals surface area contributed by atoms with Crippen molar-refractivity contribution in [2.75, 3.05) is 4.90 Å². The molecule has 0 fully saturated rings. The lowest BCUT2D eigenvalue weighted by molar-refractivity contribution is 0.795. The monoisotopic (exact) mass is 437 g/mol. The number of aromatic nitrogens is 2. The highest BCUT2D eigenvalue weighted by Crippen LogP contribution is 2.36. The summed E-state index contributed by atoms with van der Waals surface area (Å²) in [4.78, 5) is 2.35. The molecule has 0 radical (unpaired) electrons. The predicted molar refractivity (Wildman–Crippen MR) is 137 cm³/mol. The normalized spacial score (nSPS) is 10.4.